The van der Waals surface area contributed by atoms with E-state index in [9.17, 15) is 0 Å². The molecular formula is C12H14O2. The first-order valence-electron chi connectivity index (χ1n) is 4.49. The molecule has 0 bridgehead atoms. The Morgan fingerprint density at radius 1 is 1.36 bits per heavy atom. The van der Waals surface area contributed by atoms with Crippen LogP contribution in [0, 0.1) is 12.3 Å². The van der Waals surface area contributed by atoms with Gasteiger partial charge in [0.05, 0.1) is 18.8 Å². The smallest absolute Gasteiger partial charge is 0.177 e. The fourth-order valence-corrected chi connectivity index (χ4v) is 1.15. The standard InChI is InChI=1S/C12H14O2/c1-5-10-7-6-8-11(13-4)12(10)14-9(2)3/h1,6-9H,2-4H3. The number of para-hydroxylation sites is 1. The largest absolute Gasteiger partial charge is 0.493 e. The number of hydrogen-bond acceptors (Lipinski definition) is 2. The van der Waals surface area contributed by atoms with Gasteiger partial charge in [-0.1, -0.05) is 12.0 Å². The molecule has 2 nitrogen and oxygen atoms in total. The third kappa shape index (κ3) is 2.20. The van der Waals surface area contributed by atoms with Crippen molar-refractivity contribution in [3.63, 3.8) is 0 Å². The highest BCUT2D eigenvalue weighted by Crippen LogP contribution is 2.31. The summed E-state index contributed by atoms with van der Waals surface area (Å²) in [5.41, 5.74) is 0.720. The SMILES string of the molecule is C#Cc1cccc(OC)c1OC(C)C. The van der Waals surface area contributed by atoms with Crippen LogP contribution >= 0.6 is 0 Å². The number of ether oxygens (including phenoxy) is 2. The molecule has 0 N–H and O–H groups in total. The quantitative estimate of drug-likeness (QED) is 0.682. The van der Waals surface area contributed by atoms with Crippen LogP contribution < -0.4 is 9.47 Å². The summed E-state index contributed by atoms with van der Waals surface area (Å²) in [7, 11) is 1.60. The van der Waals surface area contributed by atoms with Crippen LogP contribution in [0.15, 0.2) is 18.2 Å². The van der Waals surface area contributed by atoms with Gasteiger partial charge in [-0.15, -0.1) is 6.42 Å². The van der Waals surface area contributed by atoms with Crippen LogP contribution in [-0.2, 0) is 0 Å². The van der Waals surface area contributed by atoms with Crippen molar-refractivity contribution in [1.29, 1.82) is 0 Å². The van der Waals surface area contributed by atoms with Crippen LogP contribution in [0.25, 0.3) is 0 Å². The second-order valence-electron chi connectivity index (χ2n) is 3.15. The van der Waals surface area contributed by atoms with E-state index < -0.39 is 0 Å². The minimum absolute atomic E-state index is 0.0819. The highest BCUT2D eigenvalue weighted by Gasteiger charge is 2.09. The van der Waals surface area contributed by atoms with Crippen LogP contribution in [0.1, 0.15) is 19.4 Å². The lowest BCUT2D eigenvalue weighted by molar-refractivity contribution is 0.229. The van der Waals surface area contributed by atoms with Gasteiger partial charge in [0.1, 0.15) is 0 Å². The summed E-state index contributed by atoms with van der Waals surface area (Å²) in [5.74, 6) is 3.89. The molecular weight excluding hydrogens is 176 g/mol. The van der Waals surface area contributed by atoms with Crippen LogP contribution in [0.5, 0.6) is 11.5 Å². The van der Waals surface area contributed by atoms with Crippen molar-refractivity contribution >= 4 is 0 Å². The molecule has 0 atom stereocenters. The first kappa shape index (κ1) is 10.5. The van der Waals surface area contributed by atoms with Gasteiger partial charge < -0.3 is 9.47 Å². The van der Waals surface area contributed by atoms with Gasteiger partial charge in [0.2, 0.25) is 0 Å². The highest BCUT2D eigenvalue weighted by molar-refractivity contribution is 5.53. The molecule has 0 aliphatic carbocycles. The number of benzene rings is 1. The Labute approximate surface area is 84.8 Å². The minimum Gasteiger partial charge on any atom is -0.493 e. The fourth-order valence-electron chi connectivity index (χ4n) is 1.15. The lowest BCUT2D eigenvalue weighted by Gasteiger charge is -2.14. The summed E-state index contributed by atoms with van der Waals surface area (Å²) in [5, 5.41) is 0. The third-order valence-electron chi connectivity index (χ3n) is 1.71. The molecule has 0 spiro atoms. The first-order chi connectivity index (χ1) is 6.69. The molecule has 0 saturated heterocycles. The molecule has 2 heteroatoms. The van der Waals surface area contributed by atoms with Gasteiger partial charge in [0.25, 0.3) is 0 Å². The molecule has 14 heavy (non-hydrogen) atoms. The van der Waals surface area contributed by atoms with E-state index in [1.54, 1.807) is 7.11 Å². The number of terminal acetylenes is 1. The summed E-state index contributed by atoms with van der Waals surface area (Å²) in [6.07, 6.45) is 5.45. The Balaban J connectivity index is 3.14. The number of methoxy groups -OCH3 is 1. The zero-order valence-corrected chi connectivity index (χ0v) is 8.70. The van der Waals surface area contributed by atoms with Crippen molar-refractivity contribution in [3.8, 4) is 23.8 Å². The Bertz CT molecular complexity index is 348. The molecule has 0 unspecified atom stereocenters. The molecule has 0 saturated carbocycles. The topological polar surface area (TPSA) is 18.5 Å². The summed E-state index contributed by atoms with van der Waals surface area (Å²) in [4.78, 5) is 0. The van der Waals surface area contributed by atoms with Gasteiger partial charge >= 0.3 is 0 Å². The predicted octanol–water partition coefficient (Wildman–Crippen LogP) is 2.46. The molecule has 0 aliphatic rings. The lowest BCUT2D eigenvalue weighted by atomic mass is 10.2. The first-order valence-corrected chi connectivity index (χ1v) is 4.49. The molecule has 1 rings (SSSR count). The second kappa shape index (κ2) is 4.57. The summed E-state index contributed by atoms with van der Waals surface area (Å²) in [6, 6.07) is 5.51. The average Bonchev–Trinajstić information content (AvgIpc) is 2.17. The molecule has 0 aromatic heterocycles. The van der Waals surface area contributed by atoms with Gasteiger partial charge in [-0.2, -0.15) is 0 Å². The molecule has 0 amide bonds. The monoisotopic (exact) mass is 190 g/mol. The van der Waals surface area contributed by atoms with Crippen molar-refractivity contribution in [3.05, 3.63) is 23.8 Å². The van der Waals surface area contributed by atoms with Gasteiger partial charge in [0.15, 0.2) is 11.5 Å². The van der Waals surface area contributed by atoms with Crippen LogP contribution in [-0.4, -0.2) is 13.2 Å². The summed E-state index contributed by atoms with van der Waals surface area (Å²) in [6.45, 7) is 3.90. The Morgan fingerprint density at radius 2 is 2.07 bits per heavy atom. The van der Waals surface area contributed by atoms with E-state index in [2.05, 4.69) is 5.92 Å². The highest BCUT2D eigenvalue weighted by atomic mass is 16.5. The maximum absolute atomic E-state index is 5.59. The van der Waals surface area contributed by atoms with E-state index in [1.807, 2.05) is 32.0 Å². The second-order valence-corrected chi connectivity index (χ2v) is 3.15. The van der Waals surface area contributed by atoms with E-state index in [-0.39, 0.29) is 6.10 Å². The van der Waals surface area contributed by atoms with Crippen LogP contribution in [0.4, 0.5) is 0 Å². The maximum Gasteiger partial charge on any atom is 0.177 e. The minimum atomic E-state index is 0.0819. The van der Waals surface area contributed by atoms with E-state index >= 15 is 0 Å². The van der Waals surface area contributed by atoms with Crippen molar-refractivity contribution in [2.45, 2.75) is 20.0 Å². The molecule has 0 fully saturated rings. The van der Waals surface area contributed by atoms with Crippen molar-refractivity contribution in [2.75, 3.05) is 7.11 Å². The normalized spacial score (nSPS) is 9.64. The predicted molar refractivity (Wildman–Crippen MR) is 56.7 cm³/mol. The van der Waals surface area contributed by atoms with E-state index in [0.29, 0.717) is 11.5 Å². The van der Waals surface area contributed by atoms with Gasteiger partial charge in [-0.25, -0.2) is 0 Å². The zero-order chi connectivity index (χ0) is 10.6. The van der Waals surface area contributed by atoms with Crippen molar-refractivity contribution in [2.24, 2.45) is 0 Å². The van der Waals surface area contributed by atoms with Crippen molar-refractivity contribution in [1.82, 2.24) is 0 Å². The fraction of sp³-hybridized carbons (Fsp3) is 0.333. The maximum atomic E-state index is 5.59. The Kier molecular flexibility index (Phi) is 3.41. The zero-order valence-electron chi connectivity index (χ0n) is 8.70. The third-order valence-corrected chi connectivity index (χ3v) is 1.71. The Morgan fingerprint density at radius 3 is 2.57 bits per heavy atom. The van der Waals surface area contributed by atoms with Crippen molar-refractivity contribution < 1.29 is 9.47 Å². The lowest BCUT2D eigenvalue weighted by Crippen LogP contribution is -2.08. The van der Waals surface area contributed by atoms with Gasteiger partial charge in [-0.05, 0) is 26.0 Å². The molecule has 0 radical (unpaired) electrons. The van der Waals surface area contributed by atoms with Crippen LogP contribution in [0.3, 0.4) is 0 Å². The summed E-state index contributed by atoms with van der Waals surface area (Å²) >= 11 is 0. The van der Waals surface area contributed by atoms with E-state index in [4.69, 9.17) is 15.9 Å². The molecule has 1 aromatic rings. The van der Waals surface area contributed by atoms with E-state index in [0.717, 1.165) is 5.56 Å². The average molecular weight is 190 g/mol. The molecule has 74 valence electrons. The molecule has 0 aliphatic heterocycles. The number of rotatable bonds is 3. The Hall–Kier alpha value is -1.62. The van der Waals surface area contributed by atoms with Gasteiger partial charge in [0, 0.05) is 0 Å². The van der Waals surface area contributed by atoms with Gasteiger partial charge in [-0.3, -0.25) is 0 Å². The molecule has 1 aromatic carbocycles. The number of hydrogen-bond donors (Lipinski definition) is 0. The summed E-state index contributed by atoms with van der Waals surface area (Å²) < 4.78 is 10.8. The van der Waals surface area contributed by atoms with E-state index in [1.165, 1.54) is 0 Å². The molecule has 0 heterocycles. The van der Waals surface area contributed by atoms with Crippen LogP contribution in [0.2, 0.25) is 0 Å².